The van der Waals surface area contributed by atoms with Crippen LogP contribution >= 0.6 is 11.6 Å². The normalized spacial score (nSPS) is 11.4. The molecule has 3 rings (SSSR count). The second-order valence-electron chi connectivity index (χ2n) is 4.64. The molecule has 0 unspecified atom stereocenters. The molecule has 0 aliphatic heterocycles. The van der Waals surface area contributed by atoms with E-state index in [2.05, 4.69) is 20.6 Å². The van der Waals surface area contributed by atoms with Crippen LogP contribution in [0.25, 0.3) is 0 Å². The fraction of sp³-hybridized carbons (Fsp3) is 0.0625. The SMILES string of the molecule is Clc1ccc(/C(Cn2cncn2)=N/Nc2ccccc2)cc1. The van der Waals surface area contributed by atoms with Crippen LogP contribution < -0.4 is 5.43 Å². The Kier molecular flexibility index (Phi) is 4.46. The largest absolute Gasteiger partial charge is 0.278 e. The third-order valence-electron chi connectivity index (χ3n) is 3.05. The van der Waals surface area contributed by atoms with Gasteiger partial charge in [-0.3, -0.25) is 5.43 Å². The number of hydrogen-bond acceptors (Lipinski definition) is 4. The van der Waals surface area contributed by atoms with E-state index in [1.54, 1.807) is 11.0 Å². The second kappa shape index (κ2) is 6.87. The van der Waals surface area contributed by atoms with Gasteiger partial charge in [-0.1, -0.05) is 41.9 Å². The van der Waals surface area contributed by atoms with E-state index in [-0.39, 0.29) is 0 Å². The Morgan fingerprint density at radius 3 is 2.55 bits per heavy atom. The summed E-state index contributed by atoms with van der Waals surface area (Å²) in [7, 11) is 0. The summed E-state index contributed by atoms with van der Waals surface area (Å²) in [5.74, 6) is 0. The van der Waals surface area contributed by atoms with E-state index in [0.717, 1.165) is 17.0 Å². The minimum atomic E-state index is 0.515. The maximum Gasteiger partial charge on any atom is 0.137 e. The third-order valence-corrected chi connectivity index (χ3v) is 3.30. The number of rotatable bonds is 5. The van der Waals surface area contributed by atoms with Crippen molar-refractivity contribution in [3.8, 4) is 0 Å². The van der Waals surface area contributed by atoms with Crippen molar-refractivity contribution in [2.45, 2.75) is 6.54 Å². The molecule has 0 saturated heterocycles. The summed E-state index contributed by atoms with van der Waals surface area (Å²) in [6.45, 7) is 0.515. The first-order chi connectivity index (χ1) is 10.8. The van der Waals surface area contributed by atoms with Crippen molar-refractivity contribution in [1.82, 2.24) is 14.8 Å². The third kappa shape index (κ3) is 3.71. The highest BCUT2D eigenvalue weighted by molar-refractivity contribution is 6.30. The molecule has 5 nitrogen and oxygen atoms in total. The molecule has 1 heterocycles. The molecule has 1 aromatic heterocycles. The molecule has 0 radical (unpaired) electrons. The maximum absolute atomic E-state index is 5.95. The lowest BCUT2D eigenvalue weighted by Crippen LogP contribution is -2.14. The first-order valence-electron chi connectivity index (χ1n) is 6.77. The smallest absolute Gasteiger partial charge is 0.137 e. The molecular formula is C16H14ClN5. The van der Waals surface area contributed by atoms with E-state index in [1.165, 1.54) is 6.33 Å². The van der Waals surface area contributed by atoms with Gasteiger partial charge in [0.15, 0.2) is 0 Å². The average molecular weight is 312 g/mol. The molecule has 0 amide bonds. The van der Waals surface area contributed by atoms with Gasteiger partial charge in [0, 0.05) is 5.02 Å². The van der Waals surface area contributed by atoms with Crippen molar-refractivity contribution in [1.29, 1.82) is 0 Å². The number of nitrogens with zero attached hydrogens (tertiary/aromatic N) is 4. The summed E-state index contributed by atoms with van der Waals surface area (Å²) >= 11 is 5.95. The van der Waals surface area contributed by atoms with E-state index < -0.39 is 0 Å². The molecule has 0 aliphatic rings. The molecule has 22 heavy (non-hydrogen) atoms. The zero-order valence-corrected chi connectivity index (χ0v) is 12.5. The number of para-hydroxylation sites is 1. The van der Waals surface area contributed by atoms with Gasteiger partial charge in [0.1, 0.15) is 12.7 Å². The molecule has 0 bridgehead atoms. The van der Waals surface area contributed by atoms with Gasteiger partial charge >= 0.3 is 0 Å². The molecular weight excluding hydrogens is 298 g/mol. The van der Waals surface area contributed by atoms with Crippen LogP contribution in [0.15, 0.2) is 72.4 Å². The van der Waals surface area contributed by atoms with Gasteiger partial charge in [0.05, 0.1) is 17.9 Å². The van der Waals surface area contributed by atoms with Gasteiger partial charge in [0.25, 0.3) is 0 Å². The fourth-order valence-electron chi connectivity index (χ4n) is 1.95. The highest BCUT2D eigenvalue weighted by Crippen LogP contribution is 2.12. The highest BCUT2D eigenvalue weighted by Gasteiger charge is 2.06. The minimum absolute atomic E-state index is 0.515. The van der Waals surface area contributed by atoms with Crippen molar-refractivity contribution < 1.29 is 0 Å². The van der Waals surface area contributed by atoms with Crippen LogP contribution in [0.5, 0.6) is 0 Å². The molecule has 3 aromatic rings. The number of hydrazone groups is 1. The molecule has 0 atom stereocenters. The van der Waals surface area contributed by atoms with Gasteiger partial charge in [-0.2, -0.15) is 10.2 Å². The molecule has 6 heteroatoms. The standard InChI is InChI=1S/C16H14ClN5/c17-14-8-6-13(7-9-14)16(10-22-12-18-11-19-22)21-20-15-4-2-1-3-5-15/h1-9,11-12,20H,10H2/b21-16+. The lowest BCUT2D eigenvalue weighted by atomic mass is 10.1. The van der Waals surface area contributed by atoms with Crippen molar-refractivity contribution >= 4 is 23.0 Å². The summed E-state index contributed by atoms with van der Waals surface area (Å²) < 4.78 is 1.72. The summed E-state index contributed by atoms with van der Waals surface area (Å²) in [5, 5.41) is 9.32. The van der Waals surface area contributed by atoms with Crippen LogP contribution in [0.2, 0.25) is 5.02 Å². The topological polar surface area (TPSA) is 55.1 Å². The lowest BCUT2D eigenvalue weighted by Gasteiger charge is -2.08. The Morgan fingerprint density at radius 2 is 1.86 bits per heavy atom. The Bertz CT molecular complexity index is 736. The Hall–Kier alpha value is -2.66. The van der Waals surface area contributed by atoms with Crippen LogP contribution in [-0.4, -0.2) is 20.5 Å². The van der Waals surface area contributed by atoms with Gasteiger partial charge in [0.2, 0.25) is 0 Å². The van der Waals surface area contributed by atoms with E-state index in [1.807, 2.05) is 54.6 Å². The van der Waals surface area contributed by atoms with Gasteiger partial charge in [-0.05, 0) is 29.8 Å². The first kappa shape index (κ1) is 14.3. The van der Waals surface area contributed by atoms with Crippen LogP contribution in [0.1, 0.15) is 5.56 Å². The lowest BCUT2D eigenvalue weighted by molar-refractivity contribution is 0.721. The van der Waals surface area contributed by atoms with Crippen LogP contribution in [0.3, 0.4) is 0 Å². The average Bonchev–Trinajstić information content (AvgIpc) is 3.06. The zero-order valence-electron chi connectivity index (χ0n) is 11.7. The quantitative estimate of drug-likeness (QED) is 0.580. The first-order valence-corrected chi connectivity index (χ1v) is 7.15. The predicted octanol–water partition coefficient (Wildman–Crippen LogP) is 3.45. The van der Waals surface area contributed by atoms with E-state index in [9.17, 15) is 0 Å². The van der Waals surface area contributed by atoms with E-state index >= 15 is 0 Å². The van der Waals surface area contributed by atoms with Crippen LogP contribution in [0, 0.1) is 0 Å². The maximum atomic E-state index is 5.95. The second-order valence-corrected chi connectivity index (χ2v) is 5.07. The van der Waals surface area contributed by atoms with Crippen molar-refractivity contribution in [2.24, 2.45) is 5.10 Å². The molecule has 0 saturated carbocycles. The molecule has 0 fully saturated rings. The number of nitrogens with one attached hydrogen (secondary N) is 1. The fourth-order valence-corrected chi connectivity index (χ4v) is 2.07. The van der Waals surface area contributed by atoms with Gasteiger partial charge in [-0.15, -0.1) is 0 Å². The number of hydrogen-bond donors (Lipinski definition) is 1. The van der Waals surface area contributed by atoms with Crippen molar-refractivity contribution in [3.63, 3.8) is 0 Å². The Morgan fingerprint density at radius 1 is 1.09 bits per heavy atom. The minimum Gasteiger partial charge on any atom is -0.278 e. The molecule has 0 aliphatic carbocycles. The summed E-state index contributed by atoms with van der Waals surface area (Å²) in [6, 6.07) is 17.3. The summed E-state index contributed by atoms with van der Waals surface area (Å²) in [5.41, 5.74) is 5.80. The van der Waals surface area contributed by atoms with E-state index in [0.29, 0.717) is 11.6 Å². The van der Waals surface area contributed by atoms with E-state index in [4.69, 9.17) is 11.6 Å². The van der Waals surface area contributed by atoms with Crippen LogP contribution in [0.4, 0.5) is 5.69 Å². The summed E-state index contributed by atoms with van der Waals surface area (Å²) in [6.07, 6.45) is 3.16. The molecule has 2 aromatic carbocycles. The highest BCUT2D eigenvalue weighted by atomic mass is 35.5. The monoisotopic (exact) mass is 311 g/mol. The van der Waals surface area contributed by atoms with Crippen molar-refractivity contribution in [2.75, 3.05) is 5.43 Å². The van der Waals surface area contributed by atoms with Crippen LogP contribution in [-0.2, 0) is 6.54 Å². The van der Waals surface area contributed by atoms with Crippen molar-refractivity contribution in [3.05, 3.63) is 77.8 Å². The summed E-state index contributed by atoms with van der Waals surface area (Å²) in [4.78, 5) is 3.96. The Balaban J connectivity index is 1.86. The van der Waals surface area contributed by atoms with Gasteiger partial charge in [-0.25, -0.2) is 9.67 Å². The number of aromatic nitrogens is 3. The Labute approximate surface area is 133 Å². The predicted molar refractivity (Wildman–Crippen MR) is 88.1 cm³/mol. The molecule has 0 spiro atoms. The number of anilines is 1. The number of benzene rings is 2. The molecule has 110 valence electrons. The van der Waals surface area contributed by atoms with Gasteiger partial charge < -0.3 is 0 Å². The molecule has 1 N–H and O–H groups in total. The zero-order chi connectivity index (χ0) is 15.2. The number of halogens is 1.